The van der Waals surface area contributed by atoms with Crippen LogP contribution in [-0.2, 0) is 11.2 Å². The molecule has 1 saturated heterocycles. The molecule has 0 radical (unpaired) electrons. The van der Waals surface area contributed by atoms with Gasteiger partial charge in [0, 0.05) is 30.8 Å². The van der Waals surface area contributed by atoms with Crippen LogP contribution in [0.5, 0.6) is 0 Å². The summed E-state index contributed by atoms with van der Waals surface area (Å²) in [6.45, 7) is 7.46. The average molecular weight is 263 g/mol. The minimum Gasteiger partial charge on any atom is -0.481 e. The van der Waals surface area contributed by atoms with Gasteiger partial charge < -0.3 is 10.0 Å². The quantitative estimate of drug-likeness (QED) is 0.903. The van der Waals surface area contributed by atoms with E-state index in [9.17, 15) is 4.79 Å². The third-order valence-corrected chi connectivity index (χ3v) is 3.80. The molecule has 1 fully saturated rings. The van der Waals surface area contributed by atoms with E-state index in [1.54, 1.807) is 0 Å². The summed E-state index contributed by atoms with van der Waals surface area (Å²) in [5.74, 6) is 0.753. The second-order valence-electron chi connectivity index (χ2n) is 5.15. The van der Waals surface area contributed by atoms with Gasteiger partial charge in [0.05, 0.1) is 5.92 Å². The van der Waals surface area contributed by atoms with Crippen molar-refractivity contribution in [1.29, 1.82) is 0 Å². The van der Waals surface area contributed by atoms with Gasteiger partial charge in [-0.1, -0.05) is 6.92 Å². The third-order valence-electron chi connectivity index (χ3n) is 3.80. The van der Waals surface area contributed by atoms with Gasteiger partial charge in [0.25, 0.3) is 0 Å². The predicted molar refractivity (Wildman–Crippen MR) is 73.5 cm³/mol. The van der Waals surface area contributed by atoms with Crippen LogP contribution in [0.25, 0.3) is 0 Å². The first-order chi connectivity index (χ1) is 9.02. The molecule has 0 aliphatic carbocycles. The van der Waals surface area contributed by atoms with Gasteiger partial charge >= 0.3 is 5.97 Å². The van der Waals surface area contributed by atoms with E-state index in [1.165, 1.54) is 0 Å². The Bertz CT molecular complexity index is 488. The molecular weight excluding hydrogens is 242 g/mol. The number of hydrogen-bond donors (Lipinski definition) is 1. The summed E-state index contributed by atoms with van der Waals surface area (Å²) < 4.78 is 0. The van der Waals surface area contributed by atoms with Crippen LogP contribution in [-0.4, -0.2) is 34.1 Å². The summed E-state index contributed by atoms with van der Waals surface area (Å²) in [6.07, 6.45) is 2.46. The molecule has 1 aliphatic rings. The number of aromatic nitrogens is 2. The fourth-order valence-electron chi connectivity index (χ4n) is 2.51. The Kier molecular flexibility index (Phi) is 4.02. The maximum absolute atomic E-state index is 11.1. The van der Waals surface area contributed by atoms with Crippen molar-refractivity contribution in [3.8, 4) is 0 Å². The predicted octanol–water partition coefficient (Wildman–Crippen LogP) is 1.96. The molecule has 2 rings (SSSR count). The molecule has 5 heteroatoms. The smallest absolute Gasteiger partial charge is 0.308 e. The highest BCUT2D eigenvalue weighted by Gasteiger charge is 2.27. The second kappa shape index (κ2) is 5.55. The lowest BCUT2D eigenvalue weighted by atomic mass is 9.98. The first kappa shape index (κ1) is 13.8. The molecule has 1 aromatic rings. The van der Waals surface area contributed by atoms with Crippen LogP contribution in [0.2, 0.25) is 0 Å². The van der Waals surface area contributed by atoms with Crippen LogP contribution in [0.1, 0.15) is 36.8 Å². The Morgan fingerprint density at radius 3 is 2.79 bits per heavy atom. The molecule has 104 valence electrons. The SMILES string of the molecule is CCc1nc(C)c(C)c(N2CCCC(C(=O)O)C2)n1. The van der Waals surface area contributed by atoms with Gasteiger partial charge in [0.2, 0.25) is 0 Å². The zero-order valence-corrected chi connectivity index (χ0v) is 11.8. The minimum absolute atomic E-state index is 0.284. The fraction of sp³-hybridized carbons (Fsp3) is 0.643. The maximum atomic E-state index is 11.1. The molecule has 1 aromatic heterocycles. The largest absolute Gasteiger partial charge is 0.481 e. The number of piperidine rings is 1. The summed E-state index contributed by atoms with van der Waals surface area (Å²) in [5, 5.41) is 9.17. The number of carboxylic acids is 1. The Labute approximate surface area is 113 Å². The van der Waals surface area contributed by atoms with Gasteiger partial charge in [-0.2, -0.15) is 0 Å². The molecule has 0 amide bonds. The molecule has 0 bridgehead atoms. The van der Waals surface area contributed by atoms with Gasteiger partial charge in [-0.15, -0.1) is 0 Å². The number of aliphatic carboxylic acids is 1. The van der Waals surface area contributed by atoms with Crippen LogP contribution in [0.3, 0.4) is 0 Å². The fourth-order valence-corrected chi connectivity index (χ4v) is 2.51. The van der Waals surface area contributed by atoms with Crippen molar-refractivity contribution in [2.75, 3.05) is 18.0 Å². The number of carboxylic acid groups (broad SMARTS) is 1. The Morgan fingerprint density at radius 1 is 1.42 bits per heavy atom. The second-order valence-corrected chi connectivity index (χ2v) is 5.15. The van der Waals surface area contributed by atoms with E-state index in [1.807, 2.05) is 20.8 Å². The Balaban J connectivity index is 2.30. The molecule has 1 unspecified atom stereocenters. The number of carbonyl (C=O) groups is 1. The molecule has 0 aromatic carbocycles. The zero-order valence-electron chi connectivity index (χ0n) is 11.8. The summed E-state index contributed by atoms with van der Waals surface area (Å²) in [5.41, 5.74) is 2.04. The molecule has 19 heavy (non-hydrogen) atoms. The number of anilines is 1. The molecule has 0 saturated carbocycles. The number of hydrogen-bond acceptors (Lipinski definition) is 4. The van der Waals surface area contributed by atoms with Gasteiger partial charge in [-0.25, -0.2) is 9.97 Å². The molecule has 0 spiro atoms. The number of rotatable bonds is 3. The summed E-state index contributed by atoms with van der Waals surface area (Å²) in [4.78, 5) is 22.3. The monoisotopic (exact) mass is 263 g/mol. The van der Waals surface area contributed by atoms with E-state index in [2.05, 4.69) is 14.9 Å². The zero-order chi connectivity index (χ0) is 14.0. The third kappa shape index (κ3) is 2.85. The van der Waals surface area contributed by atoms with Crippen molar-refractivity contribution in [2.45, 2.75) is 40.0 Å². The van der Waals surface area contributed by atoms with E-state index >= 15 is 0 Å². The van der Waals surface area contributed by atoms with Crippen molar-refractivity contribution in [2.24, 2.45) is 5.92 Å². The summed E-state index contributed by atoms with van der Waals surface area (Å²) in [6, 6.07) is 0. The Hall–Kier alpha value is -1.65. The van der Waals surface area contributed by atoms with Gasteiger partial charge in [-0.05, 0) is 26.7 Å². The normalized spacial score (nSPS) is 19.5. The number of aryl methyl sites for hydroxylation is 2. The standard InChI is InChI=1S/C14H21N3O2/c1-4-12-15-10(3)9(2)13(16-12)17-7-5-6-11(8-17)14(18)19/h11H,4-8H2,1-3H3,(H,18,19). The van der Waals surface area contributed by atoms with Crippen LogP contribution < -0.4 is 4.90 Å². The molecule has 1 N–H and O–H groups in total. The van der Waals surface area contributed by atoms with E-state index in [-0.39, 0.29) is 5.92 Å². The lowest BCUT2D eigenvalue weighted by molar-refractivity contribution is -0.141. The molecule has 1 atom stereocenters. The molecular formula is C14H21N3O2. The first-order valence-corrected chi connectivity index (χ1v) is 6.84. The summed E-state index contributed by atoms with van der Waals surface area (Å²) >= 11 is 0. The summed E-state index contributed by atoms with van der Waals surface area (Å²) in [7, 11) is 0. The van der Waals surface area contributed by atoms with Crippen molar-refractivity contribution in [1.82, 2.24) is 9.97 Å². The van der Waals surface area contributed by atoms with E-state index in [4.69, 9.17) is 5.11 Å². The first-order valence-electron chi connectivity index (χ1n) is 6.84. The minimum atomic E-state index is -0.705. The van der Waals surface area contributed by atoms with Crippen molar-refractivity contribution in [3.05, 3.63) is 17.1 Å². The molecule has 1 aliphatic heterocycles. The molecule has 2 heterocycles. The number of nitrogens with zero attached hydrogens (tertiary/aromatic N) is 3. The van der Waals surface area contributed by atoms with Gasteiger partial charge in [0.1, 0.15) is 11.6 Å². The highest BCUT2D eigenvalue weighted by atomic mass is 16.4. The highest BCUT2D eigenvalue weighted by molar-refractivity contribution is 5.71. The van der Waals surface area contributed by atoms with Crippen LogP contribution in [0.15, 0.2) is 0 Å². The average Bonchev–Trinajstić information content (AvgIpc) is 2.41. The van der Waals surface area contributed by atoms with E-state index in [0.717, 1.165) is 48.7 Å². The van der Waals surface area contributed by atoms with Crippen LogP contribution in [0, 0.1) is 19.8 Å². The van der Waals surface area contributed by atoms with Gasteiger partial charge in [0.15, 0.2) is 0 Å². The van der Waals surface area contributed by atoms with Gasteiger partial charge in [-0.3, -0.25) is 4.79 Å². The Morgan fingerprint density at radius 2 is 2.16 bits per heavy atom. The van der Waals surface area contributed by atoms with Crippen molar-refractivity contribution < 1.29 is 9.90 Å². The van der Waals surface area contributed by atoms with E-state index < -0.39 is 5.97 Å². The highest BCUT2D eigenvalue weighted by Crippen LogP contribution is 2.25. The van der Waals surface area contributed by atoms with E-state index in [0.29, 0.717) is 6.54 Å². The maximum Gasteiger partial charge on any atom is 0.308 e. The molecule has 5 nitrogen and oxygen atoms in total. The van der Waals surface area contributed by atoms with Crippen molar-refractivity contribution >= 4 is 11.8 Å². The van der Waals surface area contributed by atoms with Crippen LogP contribution >= 0.6 is 0 Å². The topological polar surface area (TPSA) is 66.3 Å². The van der Waals surface area contributed by atoms with Crippen molar-refractivity contribution in [3.63, 3.8) is 0 Å². The van der Waals surface area contributed by atoms with Crippen LogP contribution in [0.4, 0.5) is 5.82 Å². The lowest BCUT2D eigenvalue weighted by Crippen LogP contribution is -2.39. The lowest BCUT2D eigenvalue weighted by Gasteiger charge is -2.33.